The lowest BCUT2D eigenvalue weighted by molar-refractivity contribution is -0.157. The molecule has 12 heteroatoms. The van der Waals surface area contributed by atoms with Gasteiger partial charge >= 0.3 is 12.1 Å². The van der Waals surface area contributed by atoms with Gasteiger partial charge in [-0.25, -0.2) is 0 Å². The predicted molar refractivity (Wildman–Crippen MR) is 104 cm³/mol. The van der Waals surface area contributed by atoms with Crippen LogP contribution < -0.4 is 11.1 Å². The molecule has 1 saturated carbocycles. The molecule has 1 amide bonds. The Morgan fingerprint density at radius 3 is 2.50 bits per heavy atom. The molecule has 1 aliphatic carbocycles. The van der Waals surface area contributed by atoms with Crippen molar-refractivity contribution in [2.75, 3.05) is 5.32 Å². The third-order valence-electron chi connectivity index (χ3n) is 5.16. The molecule has 4 atom stereocenters. The first-order valence-electron chi connectivity index (χ1n) is 9.57. The second-order valence-electron chi connectivity index (χ2n) is 7.43. The molecule has 32 heavy (non-hydrogen) atoms. The molecule has 0 spiro atoms. The lowest BCUT2D eigenvalue weighted by Gasteiger charge is -2.35. The number of aliphatic hydroxyl groups is 1. The number of nitrogens with two attached hydrogens (primary N) is 1. The third kappa shape index (κ3) is 5.00. The zero-order valence-corrected chi connectivity index (χ0v) is 16.8. The van der Waals surface area contributed by atoms with Crippen molar-refractivity contribution in [1.29, 1.82) is 5.26 Å². The fourth-order valence-corrected chi connectivity index (χ4v) is 3.61. The van der Waals surface area contributed by atoms with Crippen molar-refractivity contribution >= 4 is 23.4 Å². The van der Waals surface area contributed by atoms with Crippen LogP contribution in [0, 0.1) is 17.2 Å². The van der Waals surface area contributed by atoms with Gasteiger partial charge in [0, 0.05) is 31.6 Å². The first-order valence-corrected chi connectivity index (χ1v) is 9.57. The van der Waals surface area contributed by atoms with Crippen molar-refractivity contribution in [3.8, 4) is 6.07 Å². The minimum absolute atomic E-state index is 0.00875. The number of hydrogen-bond donors (Lipinski definition) is 3. The standard InChI is InChI=1S/C20H20F3N5O4/c1-10(29)32-17-6-11(8-24)15(7-16(17)30)28-9-14(18(25)31)19(27-28)26-13-4-2-12(3-5-13)20(21,22)23/h2-5,9,11,15-17,30H,6-7H2,1H3,(H2,25,31)(H,26,27)/t11-,15+,16+,17+/m1/s1. The summed E-state index contributed by atoms with van der Waals surface area (Å²) in [4.78, 5) is 23.1. The summed E-state index contributed by atoms with van der Waals surface area (Å²) in [5.41, 5.74) is 4.77. The molecule has 1 fully saturated rings. The number of aromatic nitrogens is 2. The van der Waals surface area contributed by atoms with Gasteiger partial charge in [-0.15, -0.1) is 0 Å². The molecule has 0 saturated heterocycles. The number of esters is 1. The summed E-state index contributed by atoms with van der Waals surface area (Å²) in [5.74, 6) is -2.12. The number of anilines is 2. The summed E-state index contributed by atoms with van der Waals surface area (Å²) < 4.78 is 44.6. The maximum absolute atomic E-state index is 12.8. The molecule has 0 aliphatic heterocycles. The molecule has 170 valence electrons. The number of nitriles is 1. The van der Waals surface area contributed by atoms with E-state index in [1.54, 1.807) is 0 Å². The van der Waals surface area contributed by atoms with Crippen LogP contribution in [0.5, 0.6) is 0 Å². The Labute approximate surface area is 180 Å². The van der Waals surface area contributed by atoms with Gasteiger partial charge in [-0.3, -0.25) is 14.3 Å². The normalized spacial score (nSPS) is 23.2. The van der Waals surface area contributed by atoms with E-state index in [-0.39, 0.29) is 29.9 Å². The van der Waals surface area contributed by atoms with Crippen LogP contribution >= 0.6 is 0 Å². The van der Waals surface area contributed by atoms with Crippen LogP contribution in [0.1, 0.15) is 41.7 Å². The second kappa shape index (κ2) is 8.88. The van der Waals surface area contributed by atoms with Crippen molar-refractivity contribution in [3.63, 3.8) is 0 Å². The van der Waals surface area contributed by atoms with Crippen LogP contribution in [-0.4, -0.2) is 39.0 Å². The highest BCUT2D eigenvalue weighted by Gasteiger charge is 2.40. The lowest BCUT2D eigenvalue weighted by Crippen LogP contribution is -2.42. The van der Waals surface area contributed by atoms with Gasteiger partial charge in [0.05, 0.1) is 29.7 Å². The van der Waals surface area contributed by atoms with E-state index in [1.165, 1.54) is 29.9 Å². The molecule has 2 aromatic rings. The predicted octanol–water partition coefficient (Wildman–Crippen LogP) is 2.51. The van der Waals surface area contributed by atoms with Gasteiger partial charge < -0.3 is 20.9 Å². The zero-order chi connectivity index (χ0) is 23.6. The number of halogens is 3. The largest absolute Gasteiger partial charge is 0.460 e. The van der Waals surface area contributed by atoms with Crippen LogP contribution in [0.2, 0.25) is 0 Å². The Kier molecular flexibility index (Phi) is 6.40. The fraction of sp³-hybridized carbons (Fsp3) is 0.400. The van der Waals surface area contributed by atoms with Crippen LogP contribution in [0.4, 0.5) is 24.7 Å². The van der Waals surface area contributed by atoms with Gasteiger partial charge in [-0.05, 0) is 24.3 Å². The maximum atomic E-state index is 12.8. The summed E-state index contributed by atoms with van der Waals surface area (Å²) in [5, 5.41) is 26.9. The minimum Gasteiger partial charge on any atom is -0.460 e. The first kappa shape index (κ1) is 23.1. The second-order valence-corrected chi connectivity index (χ2v) is 7.43. The number of aliphatic hydroxyl groups excluding tert-OH is 1. The van der Waals surface area contributed by atoms with Crippen molar-refractivity contribution in [2.45, 2.75) is 44.2 Å². The van der Waals surface area contributed by atoms with Crippen LogP contribution in [0.25, 0.3) is 0 Å². The highest BCUT2D eigenvalue weighted by Crippen LogP contribution is 2.36. The number of carbonyl (C=O) groups excluding carboxylic acids is 2. The molecule has 1 heterocycles. The highest BCUT2D eigenvalue weighted by atomic mass is 19.4. The van der Waals surface area contributed by atoms with Crippen molar-refractivity contribution < 1.29 is 32.6 Å². The number of hydrogen-bond acceptors (Lipinski definition) is 7. The summed E-state index contributed by atoms with van der Waals surface area (Å²) in [6, 6.07) is 5.56. The molecular weight excluding hydrogens is 431 g/mol. The highest BCUT2D eigenvalue weighted by molar-refractivity contribution is 5.98. The van der Waals surface area contributed by atoms with Gasteiger partial charge in [0.25, 0.3) is 5.91 Å². The Morgan fingerprint density at radius 1 is 1.31 bits per heavy atom. The van der Waals surface area contributed by atoms with E-state index >= 15 is 0 Å². The van der Waals surface area contributed by atoms with Crippen molar-refractivity contribution in [2.24, 2.45) is 11.7 Å². The number of rotatable bonds is 5. The smallest absolute Gasteiger partial charge is 0.416 e. The van der Waals surface area contributed by atoms with E-state index in [1.807, 2.05) is 0 Å². The van der Waals surface area contributed by atoms with Crippen LogP contribution in [0.3, 0.4) is 0 Å². The number of ether oxygens (including phenoxy) is 1. The van der Waals surface area contributed by atoms with Crippen LogP contribution in [0.15, 0.2) is 30.5 Å². The summed E-state index contributed by atoms with van der Waals surface area (Å²) in [6.07, 6.45) is -4.99. The van der Waals surface area contributed by atoms with E-state index in [0.717, 1.165) is 12.1 Å². The van der Waals surface area contributed by atoms with Gasteiger partial charge in [0.1, 0.15) is 11.7 Å². The van der Waals surface area contributed by atoms with E-state index in [9.17, 15) is 33.1 Å². The summed E-state index contributed by atoms with van der Waals surface area (Å²) in [7, 11) is 0. The van der Waals surface area contributed by atoms with Gasteiger partial charge in [-0.1, -0.05) is 0 Å². The Balaban J connectivity index is 1.86. The summed E-state index contributed by atoms with van der Waals surface area (Å²) in [6.45, 7) is 1.20. The number of nitrogens with one attached hydrogen (secondary N) is 1. The first-order chi connectivity index (χ1) is 15.0. The Hall–Kier alpha value is -3.59. The molecule has 1 aromatic heterocycles. The number of nitrogens with zero attached hydrogens (tertiary/aromatic N) is 3. The van der Waals surface area contributed by atoms with E-state index in [4.69, 9.17) is 10.5 Å². The van der Waals surface area contributed by atoms with E-state index in [2.05, 4.69) is 16.5 Å². The van der Waals surface area contributed by atoms with Gasteiger partial charge in [0.15, 0.2) is 5.82 Å². The maximum Gasteiger partial charge on any atom is 0.416 e. The molecule has 1 aromatic carbocycles. The SMILES string of the molecule is CC(=O)O[C@H]1C[C@H](C#N)[C@@H](n2cc(C(N)=O)c(Nc3ccc(C(F)(F)F)cc3)n2)C[C@@H]1O. The zero-order valence-electron chi connectivity index (χ0n) is 16.8. The number of benzene rings is 1. The number of alkyl halides is 3. The molecule has 0 unspecified atom stereocenters. The molecule has 0 radical (unpaired) electrons. The van der Waals surface area contributed by atoms with E-state index < -0.39 is 47.8 Å². The Bertz CT molecular complexity index is 1040. The average molecular weight is 451 g/mol. The third-order valence-corrected chi connectivity index (χ3v) is 5.16. The number of amides is 1. The topological polar surface area (TPSA) is 143 Å². The van der Waals surface area contributed by atoms with Crippen molar-refractivity contribution in [1.82, 2.24) is 9.78 Å². The fourth-order valence-electron chi connectivity index (χ4n) is 3.61. The molecule has 9 nitrogen and oxygen atoms in total. The molecular formula is C20H20F3N5O4. The van der Waals surface area contributed by atoms with Gasteiger partial charge in [-0.2, -0.15) is 23.5 Å². The van der Waals surface area contributed by atoms with Gasteiger partial charge in [0.2, 0.25) is 0 Å². The van der Waals surface area contributed by atoms with E-state index in [0.29, 0.717) is 0 Å². The molecule has 0 bridgehead atoms. The summed E-state index contributed by atoms with van der Waals surface area (Å²) >= 11 is 0. The molecule has 4 N–H and O–H groups in total. The molecule has 1 aliphatic rings. The lowest BCUT2D eigenvalue weighted by atomic mass is 9.82. The van der Waals surface area contributed by atoms with Crippen molar-refractivity contribution in [3.05, 3.63) is 41.6 Å². The number of carbonyl (C=O) groups is 2. The number of primary amides is 1. The minimum atomic E-state index is -4.49. The monoisotopic (exact) mass is 451 g/mol. The average Bonchev–Trinajstić information content (AvgIpc) is 3.12. The Morgan fingerprint density at radius 2 is 1.97 bits per heavy atom. The molecule has 3 rings (SSSR count). The van der Waals surface area contributed by atoms with Crippen LogP contribution in [-0.2, 0) is 15.7 Å². The quantitative estimate of drug-likeness (QED) is 0.593.